The van der Waals surface area contributed by atoms with Crippen molar-refractivity contribution >= 4 is 33.0 Å². The van der Waals surface area contributed by atoms with Gasteiger partial charge in [0.1, 0.15) is 21.4 Å². The van der Waals surface area contributed by atoms with Gasteiger partial charge >= 0.3 is 0 Å². The third-order valence-corrected chi connectivity index (χ3v) is 6.09. The lowest BCUT2D eigenvalue weighted by molar-refractivity contribution is 0.234. The Morgan fingerprint density at radius 2 is 2.19 bits per heavy atom. The highest BCUT2D eigenvalue weighted by molar-refractivity contribution is 7.91. The topological polar surface area (TPSA) is 125 Å². The van der Waals surface area contributed by atoms with Gasteiger partial charge in [-0.15, -0.1) is 0 Å². The Balaban J connectivity index is 2.10. The molecule has 0 radical (unpaired) electrons. The van der Waals surface area contributed by atoms with Gasteiger partial charge in [0.2, 0.25) is 0 Å². The lowest BCUT2D eigenvalue weighted by Crippen LogP contribution is -2.22. The van der Waals surface area contributed by atoms with E-state index in [-0.39, 0.29) is 16.6 Å². The van der Waals surface area contributed by atoms with Gasteiger partial charge in [-0.25, -0.2) is 27.3 Å². The van der Waals surface area contributed by atoms with E-state index in [0.717, 1.165) is 6.07 Å². The van der Waals surface area contributed by atoms with E-state index in [2.05, 4.69) is 24.4 Å². The first-order valence-electron chi connectivity index (χ1n) is 7.99. The maximum Gasteiger partial charge on any atom is 0.181 e. The van der Waals surface area contributed by atoms with Gasteiger partial charge in [-0.3, -0.25) is 10.7 Å². The molecule has 0 aliphatic rings. The second kappa shape index (κ2) is 9.74. The minimum atomic E-state index is -2.39. The van der Waals surface area contributed by atoms with Crippen molar-refractivity contribution in [1.29, 1.82) is 0 Å². The van der Waals surface area contributed by atoms with Gasteiger partial charge in [-0.05, 0) is 49.7 Å². The van der Waals surface area contributed by atoms with Crippen LogP contribution in [0.5, 0.6) is 0 Å². The van der Waals surface area contributed by atoms with E-state index in [0.29, 0.717) is 36.4 Å². The summed E-state index contributed by atoms with van der Waals surface area (Å²) < 4.78 is 36.7. The zero-order valence-corrected chi connectivity index (χ0v) is 16.3. The molecule has 9 nitrogen and oxygen atoms in total. The number of nitrogens with zero attached hydrogens (tertiary/aromatic N) is 4. The van der Waals surface area contributed by atoms with E-state index >= 15 is 0 Å². The standard InChI is InChI=1S/C15H20ClFN6O3S/c1-18-27(25,19-2)8-4-3-5-13-14(23-26-22-13)15(21-24)20-10-6-7-12(17)11(16)9-10/h6-7,9,24H,3-5,8H2,1-2H3,(H,20,21)(H,18,19,25). The highest BCUT2D eigenvalue weighted by Gasteiger charge is 2.17. The summed E-state index contributed by atoms with van der Waals surface area (Å²) in [6, 6.07) is 3.87. The zero-order chi connectivity index (χ0) is 19.9. The first-order chi connectivity index (χ1) is 12.9. The highest BCUT2D eigenvalue weighted by atomic mass is 35.5. The lowest BCUT2D eigenvalue weighted by atomic mass is 10.1. The monoisotopic (exact) mass is 418 g/mol. The molecule has 1 atom stereocenters. The maximum atomic E-state index is 13.2. The number of aryl methyl sites for hydroxylation is 1. The van der Waals surface area contributed by atoms with Crippen LogP contribution in [0, 0.1) is 5.82 Å². The largest absolute Gasteiger partial charge is 0.290 e. The SMILES string of the molecule is CN=S(=O)(CCCCc1nonc1C(=Nc1ccc(F)c(Cl)c1)NO)NC. The molecule has 0 saturated carbocycles. The number of aromatic nitrogens is 2. The number of unbranched alkanes of at least 4 members (excludes halogenated alkanes) is 1. The van der Waals surface area contributed by atoms with Crippen LogP contribution in [0.1, 0.15) is 24.2 Å². The Bertz CT molecular complexity index is 926. The summed E-state index contributed by atoms with van der Waals surface area (Å²) >= 11 is 5.73. The minimum Gasteiger partial charge on any atom is -0.290 e. The molecule has 0 aliphatic heterocycles. The summed E-state index contributed by atoms with van der Waals surface area (Å²) in [5.74, 6) is -0.195. The quantitative estimate of drug-likeness (QED) is 0.262. The number of hydrogen-bond donors (Lipinski definition) is 3. The number of benzene rings is 1. The first kappa shape index (κ1) is 21.2. The zero-order valence-electron chi connectivity index (χ0n) is 14.8. The van der Waals surface area contributed by atoms with Gasteiger partial charge in [0.05, 0.1) is 10.7 Å². The second-order valence-electron chi connectivity index (χ2n) is 5.42. The Morgan fingerprint density at radius 3 is 2.81 bits per heavy atom. The number of nitrogens with one attached hydrogen (secondary N) is 2. The van der Waals surface area contributed by atoms with Gasteiger partial charge in [0.25, 0.3) is 0 Å². The maximum absolute atomic E-state index is 13.2. The molecule has 1 unspecified atom stereocenters. The van der Waals surface area contributed by atoms with Crippen LogP contribution in [0.2, 0.25) is 5.02 Å². The predicted octanol–water partition coefficient (Wildman–Crippen LogP) is 2.47. The van der Waals surface area contributed by atoms with Gasteiger partial charge in [-0.2, -0.15) is 0 Å². The van der Waals surface area contributed by atoms with Crippen molar-refractivity contribution < 1.29 is 18.4 Å². The van der Waals surface area contributed by atoms with Gasteiger partial charge in [-0.1, -0.05) is 16.8 Å². The molecule has 0 aliphatic carbocycles. The van der Waals surface area contributed by atoms with E-state index in [4.69, 9.17) is 16.2 Å². The molecule has 0 saturated heterocycles. The molecule has 2 rings (SSSR count). The predicted molar refractivity (Wildman–Crippen MR) is 100 cm³/mol. The van der Waals surface area contributed by atoms with E-state index in [1.54, 1.807) is 7.05 Å². The molecule has 27 heavy (non-hydrogen) atoms. The fourth-order valence-electron chi connectivity index (χ4n) is 2.24. The summed E-state index contributed by atoms with van der Waals surface area (Å²) in [6.45, 7) is 0. The average Bonchev–Trinajstić information content (AvgIpc) is 3.14. The normalized spacial score (nSPS) is 14.0. The third kappa shape index (κ3) is 5.70. The number of hydrogen-bond acceptors (Lipinski definition) is 7. The van der Waals surface area contributed by atoms with E-state index in [1.165, 1.54) is 19.2 Å². The Hall–Kier alpha value is -2.08. The molecule has 0 fully saturated rings. The number of amidine groups is 1. The summed E-state index contributed by atoms with van der Waals surface area (Å²) in [6.07, 6.45) is 1.75. The van der Waals surface area contributed by atoms with Crippen molar-refractivity contribution in [1.82, 2.24) is 20.5 Å². The molecule has 148 valence electrons. The number of halogens is 2. The fraction of sp³-hybridized carbons (Fsp3) is 0.400. The third-order valence-electron chi connectivity index (χ3n) is 3.73. The van der Waals surface area contributed by atoms with Crippen LogP contribution < -0.4 is 10.2 Å². The Labute approximate surface area is 161 Å². The molecule has 2 aromatic rings. The minimum absolute atomic E-state index is 0.0171. The average molecular weight is 419 g/mol. The van der Waals surface area contributed by atoms with E-state index in [9.17, 15) is 13.8 Å². The van der Waals surface area contributed by atoms with Crippen LogP contribution in [0.15, 0.2) is 32.2 Å². The molecular formula is C15H20ClFN6O3S. The summed E-state index contributed by atoms with van der Waals surface area (Å²) in [5, 5.41) is 16.9. The van der Waals surface area contributed by atoms with E-state index in [1.807, 2.05) is 5.48 Å². The second-order valence-corrected chi connectivity index (χ2v) is 8.29. The molecule has 0 spiro atoms. The highest BCUT2D eigenvalue weighted by Crippen LogP contribution is 2.22. The first-order valence-corrected chi connectivity index (χ1v) is 10.1. The van der Waals surface area contributed by atoms with Crippen molar-refractivity contribution in [3.8, 4) is 0 Å². The van der Waals surface area contributed by atoms with E-state index < -0.39 is 15.7 Å². The van der Waals surface area contributed by atoms with Crippen LogP contribution in [0.3, 0.4) is 0 Å². The van der Waals surface area contributed by atoms with Crippen molar-refractivity contribution in [2.75, 3.05) is 19.8 Å². The number of hydroxylamine groups is 1. The smallest absolute Gasteiger partial charge is 0.181 e. The summed E-state index contributed by atoms with van der Waals surface area (Å²) in [4.78, 5) is 4.15. The number of rotatable bonds is 8. The molecule has 1 heterocycles. The van der Waals surface area contributed by atoms with Gasteiger partial charge in [0.15, 0.2) is 11.5 Å². The van der Waals surface area contributed by atoms with Crippen LogP contribution in [-0.4, -0.2) is 45.4 Å². The summed E-state index contributed by atoms with van der Waals surface area (Å²) in [7, 11) is 0.724. The van der Waals surface area contributed by atoms with Crippen LogP contribution >= 0.6 is 11.6 Å². The molecule has 1 aromatic heterocycles. The Morgan fingerprint density at radius 1 is 1.41 bits per heavy atom. The van der Waals surface area contributed by atoms with Crippen LogP contribution in [-0.2, 0) is 16.3 Å². The molecule has 3 N–H and O–H groups in total. The summed E-state index contributed by atoms with van der Waals surface area (Å²) in [5.41, 5.74) is 2.93. The Kier molecular flexibility index (Phi) is 7.66. The molecule has 0 bridgehead atoms. The fourth-order valence-corrected chi connectivity index (χ4v) is 3.58. The van der Waals surface area contributed by atoms with Gasteiger partial charge in [0, 0.05) is 12.8 Å². The van der Waals surface area contributed by atoms with Crippen LogP contribution in [0.25, 0.3) is 0 Å². The van der Waals surface area contributed by atoms with Gasteiger partial charge < -0.3 is 0 Å². The lowest BCUT2D eigenvalue weighted by Gasteiger charge is -2.07. The molecule has 1 aromatic carbocycles. The number of aliphatic imine (C=N–C) groups is 1. The molecule has 12 heteroatoms. The molecular weight excluding hydrogens is 399 g/mol. The van der Waals surface area contributed by atoms with Crippen molar-refractivity contribution in [2.24, 2.45) is 9.36 Å². The van der Waals surface area contributed by atoms with Crippen LogP contribution in [0.4, 0.5) is 10.1 Å². The van der Waals surface area contributed by atoms with Crippen molar-refractivity contribution in [3.05, 3.63) is 40.4 Å². The van der Waals surface area contributed by atoms with Crippen molar-refractivity contribution in [2.45, 2.75) is 19.3 Å². The molecule has 0 amide bonds. The van der Waals surface area contributed by atoms with Crippen molar-refractivity contribution in [3.63, 3.8) is 0 Å².